The van der Waals surface area contributed by atoms with Gasteiger partial charge in [-0.25, -0.2) is 0 Å². The van der Waals surface area contributed by atoms with Crippen molar-refractivity contribution in [2.75, 3.05) is 13.2 Å². The van der Waals surface area contributed by atoms with Gasteiger partial charge in [-0.15, -0.1) is 0 Å². The number of hydrogen-bond donors (Lipinski definition) is 0. The number of nitriles is 1. The van der Waals surface area contributed by atoms with E-state index in [0.717, 1.165) is 12.8 Å². The first-order valence-electron chi connectivity index (χ1n) is 9.06. The Hall–Kier alpha value is -1.57. The molecule has 0 aliphatic carbocycles. The monoisotopic (exact) mass is 339 g/mol. The van der Waals surface area contributed by atoms with Gasteiger partial charge in [-0.2, -0.15) is 5.26 Å². The van der Waals surface area contributed by atoms with Crippen molar-refractivity contribution in [3.63, 3.8) is 0 Å². The van der Waals surface area contributed by atoms with Gasteiger partial charge in [0.15, 0.2) is 0 Å². The van der Waals surface area contributed by atoms with E-state index in [9.17, 15) is 9.59 Å². The number of esters is 2. The van der Waals surface area contributed by atoms with Crippen molar-refractivity contribution in [3.8, 4) is 6.07 Å². The molecule has 0 rings (SSSR count). The van der Waals surface area contributed by atoms with E-state index in [0.29, 0.717) is 25.4 Å². The van der Waals surface area contributed by atoms with Crippen molar-refractivity contribution in [3.05, 3.63) is 0 Å². The summed E-state index contributed by atoms with van der Waals surface area (Å²) >= 11 is 0. The third kappa shape index (κ3) is 8.90. The highest BCUT2D eigenvalue weighted by atomic mass is 16.5. The minimum Gasteiger partial charge on any atom is -0.466 e. The Bertz CT molecular complexity index is 414. The topological polar surface area (TPSA) is 76.4 Å². The quantitative estimate of drug-likeness (QED) is 0.500. The highest BCUT2D eigenvalue weighted by Crippen LogP contribution is 2.33. The number of hydrogen-bond acceptors (Lipinski definition) is 5. The van der Waals surface area contributed by atoms with E-state index in [2.05, 4.69) is 26.8 Å². The van der Waals surface area contributed by atoms with Crippen LogP contribution in [-0.4, -0.2) is 25.2 Å². The standard InChI is InChI=1S/C19H33NO4/c1-6-23-18(21)13-17(19(22)24-7-2)16(9-8-12-20)15(5)11-10-14(3)4/h14-17H,6-11,13H2,1-5H3. The van der Waals surface area contributed by atoms with Crippen LogP contribution in [0.15, 0.2) is 0 Å². The molecule has 0 saturated carbocycles. The molecule has 5 heteroatoms. The molecule has 0 radical (unpaired) electrons. The van der Waals surface area contributed by atoms with E-state index >= 15 is 0 Å². The lowest BCUT2D eigenvalue weighted by Gasteiger charge is -2.30. The molecule has 0 saturated heterocycles. The normalized spacial score (nSPS) is 14.5. The molecule has 0 N–H and O–H groups in total. The fourth-order valence-electron chi connectivity index (χ4n) is 2.98. The SMILES string of the molecule is CCOC(=O)CC(C(=O)OCC)C(CCC#N)C(C)CCC(C)C. The number of carbonyl (C=O) groups is 2. The van der Waals surface area contributed by atoms with Crippen molar-refractivity contribution in [2.45, 2.75) is 66.7 Å². The zero-order valence-electron chi connectivity index (χ0n) is 15.8. The molecule has 5 nitrogen and oxygen atoms in total. The fourth-order valence-corrected chi connectivity index (χ4v) is 2.98. The molecule has 0 aromatic carbocycles. The highest BCUT2D eigenvalue weighted by Gasteiger charge is 2.35. The van der Waals surface area contributed by atoms with Crippen molar-refractivity contribution in [1.29, 1.82) is 5.26 Å². The molecule has 138 valence electrons. The van der Waals surface area contributed by atoms with Crippen molar-refractivity contribution >= 4 is 11.9 Å². The van der Waals surface area contributed by atoms with E-state index in [4.69, 9.17) is 14.7 Å². The van der Waals surface area contributed by atoms with E-state index in [1.54, 1.807) is 13.8 Å². The molecular weight excluding hydrogens is 306 g/mol. The fraction of sp³-hybridized carbons (Fsp3) is 0.842. The Morgan fingerprint density at radius 2 is 1.62 bits per heavy atom. The van der Waals surface area contributed by atoms with Gasteiger partial charge in [-0.3, -0.25) is 9.59 Å². The number of ether oxygens (including phenoxy) is 2. The average Bonchev–Trinajstić information content (AvgIpc) is 2.52. The average molecular weight is 339 g/mol. The largest absolute Gasteiger partial charge is 0.466 e. The van der Waals surface area contributed by atoms with Crippen LogP contribution in [0, 0.1) is 35.0 Å². The maximum absolute atomic E-state index is 12.4. The van der Waals surface area contributed by atoms with E-state index in [1.165, 1.54) is 0 Å². The molecule has 0 aromatic rings. The number of nitrogens with zero attached hydrogens (tertiary/aromatic N) is 1. The smallest absolute Gasteiger partial charge is 0.309 e. The summed E-state index contributed by atoms with van der Waals surface area (Å²) in [5.74, 6) is -0.510. The second-order valence-corrected chi connectivity index (χ2v) is 6.68. The molecular formula is C19H33NO4. The maximum Gasteiger partial charge on any atom is 0.309 e. The molecule has 0 amide bonds. The molecule has 0 bridgehead atoms. The van der Waals surface area contributed by atoms with Crippen LogP contribution in [-0.2, 0) is 19.1 Å². The molecule has 0 aliphatic rings. The van der Waals surface area contributed by atoms with Gasteiger partial charge in [0.1, 0.15) is 0 Å². The second-order valence-electron chi connectivity index (χ2n) is 6.68. The minimum absolute atomic E-state index is 0.0226. The number of carbonyl (C=O) groups excluding carboxylic acids is 2. The summed E-state index contributed by atoms with van der Waals surface area (Å²) < 4.78 is 10.2. The van der Waals surface area contributed by atoms with Crippen LogP contribution in [0.1, 0.15) is 66.7 Å². The first kappa shape index (κ1) is 22.4. The molecule has 0 spiro atoms. The Labute approximate surface area is 146 Å². The summed E-state index contributed by atoms with van der Waals surface area (Å²) in [4.78, 5) is 24.4. The Kier molecular flexibility index (Phi) is 12.0. The first-order valence-corrected chi connectivity index (χ1v) is 9.06. The van der Waals surface area contributed by atoms with Crippen LogP contribution in [0.4, 0.5) is 0 Å². The molecule has 3 unspecified atom stereocenters. The summed E-state index contributed by atoms with van der Waals surface area (Å²) in [7, 11) is 0. The molecule has 24 heavy (non-hydrogen) atoms. The first-order chi connectivity index (χ1) is 11.4. The van der Waals surface area contributed by atoms with Crippen LogP contribution in [0.2, 0.25) is 0 Å². The lowest BCUT2D eigenvalue weighted by molar-refractivity contribution is -0.157. The Morgan fingerprint density at radius 1 is 1.00 bits per heavy atom. The van der Waals surface area contributed by atoms with Gasteiger partial charge in [0.2, 0.25) is 0 Å². The predicted molar refractivity (Wildman–Crippen MR) is 92.9 cm³/mol. The minimum atomic E-state index is -0.542. The lowest BCUT2D eigenvalue weighted by atomic mass is 9.75. The third-order valence-corrected chi connectivity index (χ3v) is 4.32. The summed E-state index contributed by atoms with van der Waals surface area (Å²) in [6.45, 7) is 10.5. The Morgan fingerprint density at radius 3 is 2.12 bits per heavy atom. The Balaban J connectivity index is 5.24. The zero-order chi connectivity index (χ0) is 18.5. The van der Waals surface area contributed by atoms with Gasteiger partial charge in [0.05, 0.1) is 31.6 Å². The summed E-state index contributed by atoms with van der Waals surface area (Å²) in [5, 5.41) is 8.95. The predicted octanol–water partition coefficient (Wildman–Crippen LogP) is 4.11. The van der Waals surface area contributed by atoms with Gasteiger partial charge in [-0.1, -0.05) is 33.6 Å². The third-order valence-electron chi connectivity index (χ3n) is 4.32. The molecule has 0 fully saturated rings. The van der Waals surface area contributed by atoms with E-state index in [-0.39, 0.29) is 36.8 Å². The van der Waals surface area contributed by atoms with Crippen LogP contribution < -0.4 is 0 Å². The summed E-state index contributed by atoms with van der Waals surface area (Å²) in [6, 6.07) is 2.15. The van der Waals surface area contributed by atoms with Crippen LogP contribution >= 0.6 is 0 Å². The van der Waals surface area contributed by atoms with Crippen molar-refractivity contribution in [2.24, 2.45) is 23.7 Å². The molecule has 0 heterocycles. The molecule has 0 aromatic heterocycles. The van der Waals surface area contributed by atoms with Crippen molar-refractivity contribution < 1.29 is 19.1 Å². The van der Waals surface area contributed by atoms with Crippen LogP contribution in [0.5, 0.6) is 0 Å². The van der Waals surface area contributed by atoms with Gasteiger partial charge < -0.3 is 9.47 Å². The van der Waals surface area contributed by atoms with Gasteiger partial charge in [-0.05, 0) is 38.0 Å². The summed E-state index contributed by atoms with van der Waals surface area (Å²) in [6.07, 6.45) is 3.01. The molecule has 0 aliphatic heterocycles. The van der Waals surface area contributed by atoms with Gasteiger partial charge in [0.25, 0.3) is 0 Å². The second kappa shape index (κ2) is 12.8. The van der Waals surface area contributed by atoms with Crippen molar-refractivity contribution in [1.82, 2.24) is 0 Å². The zero-order valence-corrected chi connectivity index (χ0v) is 15.8. The highest BCUT2D eigenvalue weighted by molar-refractivity contribution is 5.80. The maximum atomic E-state index is 12.4. The van der Waals surface area contributed by atoms with E-state index in [1.807, 2.05) is 0 Å². The lowest BCUT2D eigenvalue weighted by Crippen LogP contribution is -2.33. The summed E-state index contributed by atoms with van der Waals surface area (Å²) in [5.41, 5.74) is 0. The van der Waals surface area contributed by atoms with Crippen LogP contribution in [0.3, 0.4) is 0 Å². The van der Waals surface area contributed by atoms with E-state index < -0.39 is 5.92 Å². The van der Waals surface area contributed by atoms with Crippen LogP contribution in [0.25, 0.3) is 0 Å². The number of rotatable bonds is 12. The van der Waals surface area contributed by atoms with Gasteiger partial charge in [0, 0.05) is 6.42 Å². The molecule has 3 atom stereocenters. The van der Waals surface area contributed by atoms with Gasteiger partial charge >= 0.3 is 11.9 Å².